The van der Waals surface area contributed by atoms with Crippen LogP contribution < -0.4 is 5.73 Å². The number of nitrogens with two attached hydrogens (primary N) is 1. The summed E-state index contributed by atoms with van der Waals surface area (Å²) in [4.78, 5) is 4.38. The van der Waals surface area contributed by atoms with E-state index in [-0.39, 0.29) is 12.1 Å². The van der Waals surface area contributed by atoms with Crippen molar-refractivity contribution in [1.82, 2.24) is 4.98 Å². The van der Waals surface area contributed by atoms with Crippen molar-refractivity contribution in [1.29, 1.82) is 0 Å². The first-order chi connectivity index (χ1) is 6.61. The molecule has 1 aromatic rings. The van der Waals surface area contributed by atoms with E-state index in [1.165, 1.54) is 0 Å². The lowest BCUT2D eigenvalue weighted by molar-refractivity contribution is 0.104. The monoisotopic (exact) mass is 214 g/mol. The summed E-state index contributed by atoms with van der Waals surface area (Å²) in [6.45, 7) is 4.04. The van der Waals surface area contributed by atoms with Gasteiger partial charge in [0.15, 0.2) is 0 Å². The molecule has 0 radical (unpaired) electrons. The number of hydrogen-bond donors (Lipinski definition) is 1. The van der Waals surface area contributed by atoms with Crippen LogP contribution in [0.4, 0.5) is 0 Å². The molecule has 0 aliphatic carbocycles. The molecule has 0 aromatic carbocycles. The number of ether oxygens (including phenoxy) is 1. The summed E-state index contributed by atoms with van der Waals surface area (Å²) >= 11 is 1.68. The first kappa shape index (κ1) is 11.6. The molecule has 0 aliphatic rings. The van der Waals surface area contributed by atoms with Gasteiger partial charge in [-0.25, -0.2) is 4.98 Å². The highest BCUT2D eigenvalue weighted by molar-refractivity contribution is 7.09. The van der Waals surface area contributed by atoms with Crippen LogP contribution in [0.15, 0.2) is 5.38 Å². The molecule has 1 rings (SSSR count). The van der Waals surface area contributed by atoms with Gasteiger partial charge in [0, 0.05) is 30.6 Å². The van der Waals surface area contributed by atoms with E-state index in [1.54, 1.807) is 18.4 Å². The third kappa shape index (κ3) is 3.74. The summed E-state index contributed by atoms with van der Waals surface area (Å²) in [5.74, 6) is 0. The molecule has 3 nitrogen and oxygen atoms in total. The molecule has 0 spiro atoms. The van der Waals surface area contributed by atoms with Crippen molar-refractivity contribution >= 4 is 11.3 Å². The molecule has 14 heavy (non-hydrogen) atoms. The minimum Gasteiger partial charge on any atom is -0.382 e. The Morgan fingerprint density at radius 3 is 2.86 bits per heavy atom. The zero-order valence-electron chi connectivity index (χ0n) is 8.99. The van der Waals surface area contributed by atoms with Crippen LogP contribution in [0.2, 0.25) is 0 Å². The van der Waals surface area contributed by atoms with E-state index in [0.717, 1.165) is 23.5 Å². The summed E-state index contributed by atoms with van der Waals surface area (Å²) < 4.78 is 5.17. The van der Waals surface area contributed by atoms with Crippen LogP contribution in [0.25, 0.3) is 0 Å². The van der Waals surface area contributed by atoms with Crippen LogP contribution in [-0.2, 0) is 11.2 Å². The normalized spacial score (nSPS) is 15.4. The smallest absolute Gasteiger partial charge is 0.0943 e. The Morgan fingerprint density at radius 2 is 2.36 bits per heavy atom. The van der Waals surface area contributed by atoms with E-state index in [4.69, 9.17) is 10.5 Å². The number of rotatable bonds is 5. The fourth-order valence-electron chi connectivity index (χ4n) is 1.33. The zero-order valence-corrected chi connectivity index (χ0v) is 9.80. The third-order valence-electron chi connectivity index (χ3n) is 2.14. The summed E-state index contributed by atoms with van der Waals surface area (Å²) in [5, 5.41) is 3.18. The van der Waals surface area contributed by atoms with Gasteiger partial charge in [-0.3, -0.25) is 0 Å². The first-order valence-electron chi connectivity index (χ1n) is 4.81. The van der Waals surface area contributed by atoms with Gasteiger partial charge in [-0.1, -0.05) is 0 Å². The third-order valence-corrected chi connectivity index (χ3v) is 3.13. The molecule has 2 N–H and O–H groups in total. The van der Waals surface area contributed by atoms with Crippen molar-refractivity contribution in [3.63, 3.8) is 0 Å². The lowest BCUT2D eigenvalue weighted by atomic mass is 10.1. The Kier molecular flexibility index (Phi) is 4.51. The van der Waals surface area contributed by atoms with Crippen LogP contribution in [0, 0.1) is 6.92 Å². The summed E-state index contributed by atoms with van der Waals surface area (Å²) in [6.07, 6.45) is 1.97. The van der Waals surface area contributed by atoms with Crippen molar-refractivity contribution < 1.29 is 4.74 Å². The second kappa shape index (κ2) is 5.44. The summed E-state index contributed by atoms with van der Waals surface area (Å²) in [5.41, 5.74) is 7.06. The zero-order chi connectivity index (χ0) is 10.6. The van der Waals surface area contributed by atoms with E-state index < -0.39 is 0 Å². The van der Waals surface area contributed by atoms with E-state index in [9.17, 15) is 0 Å². The van der Waals surface area contributed by atoms with Gasteiger partial charge >= 0.3 is 0 Å². The maximum atomic E-state index is 5.98. The van der Waals surface area contributed by atoms with Gasteiger partial charge in [-0.05, 0) is 20.3 Å². The molecule has 80 valence electrons. The Hall–Kier alpha value is -0.450. The topological polar surface area (TPSA) is 48.1 Å². The second-order valence-corrected chi connectivity index (χ2v) is 4.57. The van der Waals surface area contributed by atoms with Gasteiger partial charge in [-0.2, -0.15) is 0 Å². The summed E-state index contributed by atoms with van der Waals surface area (Å²) in [6, 6.07) is 0.149. The molecular weight excluding hydrogens is 196 g/mol. The maximum Gasteiger partial charge on any atom is 0.0943 e. The van der Waals surface area contributed by atoms with Crippen LogP contribution in [-0.4, -0.2) is 24.2 Å². The second-order valence-electron chi connectivity index (χ2n) is 3.63. The van der Waals surface area contributed by atoms with Gasteiger partial charge in [-0.15, -0.1) is 11.3 Å². The lowest BCUT2D eigenvalue weighted by Gasteiger charge is -2.14. The molecule has 1 aromatic heterocycles. The van der Waals surface area contributed by atoms with Crippen LogP contribution in [0.1, 0.15) is 24.0 Å². The number of aromatic nitrogens is 1. The number of methoxy groups -OCH3 is 1. The largest absolute Gasteiger partial charge is 0.382 e. The molecule has 0 amide bonds. The van der Waals surface area contributed by atoms with Crippen LogP contribution >= 0.6 is 11.3 Å². The summed E-state index contributed by atoms with van der Waals surface area (Å²) in [7, 11) is 1.71. The van der Waals surface area contributed by atoms with Crippen LogP contribution in [0.5, 0.6) is 0 Å². The molecule has 2 atom stereocenters. The van der Waals surface area contributed by atoms with E-state index in [1.807, 2.05) is 13.8 Å². The number of nitrogens with zero attached hydrogens (tertiary/aromatic N) is 1. The number of thiazole rings is 1. The van der Waals surface area contributed by atoms with E-state index >= 15 is 0 Å². The Morgan fingerprint density at radius 1 is 1.64 bits per heavy atom. The van der Waals surface area contributed by atoms with Crippen LogP contribution in [0.3, 0.4) is 0 Å². The fraction of sp³-hybridized carbons (Fsp3) is 0.700. The SMILES string of the molecule is COC(C)CC(N)Cc1nc(C)cs1. The first-order valence-corrected chi connectivity index (χ1v) is 5.69. The van der Waals surface area contributed by atoms with E-state index in [0.29, 0.717) is 0 Å². The highest BCUT2D eigenvalue weighted by atomic mass is 32.1. The highest BCUT2D eigenvalue weighted by Gasteiger charge is 2.10. The molecule has 1 heterocycles. The molecule has 4 heteroatoms. The molecule has 0 saturated heterocycles. The average molecular weight is 214 g/mol. The highest BCUT2D eigenvalue weighted by Crippen LogP contribution is 2.12. The van der Waals surface area contributed by atoms with Crippen molar-refractivity contribution in [3.05, 3.63) is 16.1 Å². The molecule has 2 unspecified atom stereocenters. The predicted molar refractivity (Wildman–Crippen MR) is 59.6 cm³/mol. The lowest BCUT2D eigenvalue weighted by Crippen LogP contribution is -2.27. The van der Waals surface area contributed by atoms with Crippen molar-refractivity contribution in [2.75, 3.05) is 7.11 Å². The Labute approximate surface area is 89.3 Å². The standard InChI is InChI=1S/C10H18N2OS/c1-7-6-14-10(12-7)5-9(11)4-8(2)13-3/h6,8-9H,4-5,11H2,1-3H3. The Bertz CT molecular complexity index is 275. The van der Waals surface area contributed by atoms with E-state index in [2.05, 4.69) is 10.4 Å². The minimum absolute atomic E-state index is 0.149. The molecule has 0 fully saturated rings. The van der Waals surface area contributed by atoms with Crippen molar-refractivity contribution in [3.8, 4) is 0 Å². The van der Waals surface area contributed by atoms with Gasteiger partial charge in [0.25, 0.3) is 0 Å². The molecule has 0 saturated carbocycles. The fourth-order valence-corrected chi connectivity index (χ4v) is 2.19. The predicted octanol–water partition coefficient (Wildman–Crippen LogP) is 1.75. The molecular formula is C10H18N2OS. The van der Waals surface area contributed by atoms with Gasteiger partial charge in [0.05, 0.1) is 11.1 Å². The van der Waals surface area contributed by atoms with Gasteiger partial charge in [0.2, 0.25) is 0 Å². The minimum atomic E-state index is 0.149. The van der Waals surface area contributed by atoms with Gasteiger partial charge < -0.3 is 10.5 Å². The average Bonchev–Trinajstić information content (AvgIpc) is 2.50. The molecule has 0 aliphatic heterocycles. The van der Waals surface area contributed by atoms with Gasteiger partial charge in [0.1, 0.15) is 0 Å². The molecule has 0 bridgehead atoms. The van der Waals surface area contributed by atoms with Crippen molar-refractivity contribution in [2.45, 2.75) is 38.8 Å². The Balaban J connectivity index is 2.37. The quantitative estimate of drug-likeness (QED) is 0.812. The van der Waals surface area contributed by atoms with Crippen molar-refractivity contribution in [2.24, 2.45) is 5.73 Å². The number of hydrogen-bond acceptors (Lipinski definition) is 4. The number of aryl methyl sites for hydroxylation is 1. The maximum absolute atomic E-state index is 5.98.